The topological polar surface area (TPSA) is 26.4 Å². The number of methoxy groups -OCH3 is 2. The summed E-state index contributed by atoms with van der Waals surface area (Å²) in [4.78, 5) is 0. The van der Waals surface area contributed by atoms with Crippen LogP contribution in [0.4, 0.5) is 8.63 Å². The van der Waals surface area contributed by atoms with Crippen molar-refractivity contribution in [3.63, 3.8) is 0 Å². The van der Waals surface area contributed by atoms with E-state index in [1.54, 1.807) is 28.1 Å². The predicted octanol–water partition coefficient (Wildman–Crippen LogP) is 6.52. The summed E-state index contributed by atoms with van der Waals surface area (Å²) in [6, 6.07) is 3.86. The van der Waals surface area contributed by atoms with E-state index >= 15 is 8.63 Å². The number of hydrogen-bond donors (Lipinski definition) is 0. The Morgan fingerprint density at radius 1 is 1.00 bits per heavy atom. The number of rotatable bonds is 3. The van der Waals surface area contributed by atoms with Crippen molar-refractivity contribution in [2.24, 2.45) is 0 Å². The van der Waals surface area contributed by atoms with Crippen LogP contribution in [0.1, 0.15) is 36.4 Å². The van der Waals surface area contributed by atoms with Crippen LogP contribution in [0.5, 0.6) is 11.5 Å². The van der Waals surface area contributed by atoms with Crippen LogP contribution >= 0.6 is 67.8 Å². The normalized spacial score (nSPS) is 17.4. The van der Waals surface area contributed by atoms with Gasteiger partial charge >= 0.3 is 6.97 Å². The fraction of sp³-hybridized carbons (Fsp3) is 0.286. The van der Waals surface area contributed by atoms with E-state index in [2.05, 4.69) is 67.8 Å². The molecule has 0 amide bonds. The van der Waals surface area contributed by atoms with Gasteiger partial charge in [-0.15, -0.1) is 0 Å². The van der Waals surface area contributed by atoms with Crippen molar-refractivity contribution in [3.8, 4) is 11.5 Å². The minimum absolute atomic E-state index is 0.569. The summed E-state index contributed by atoms with van der Waals surface area (Å²) in [6.45, 7) is 3.35. The monoisotopic (exact) mass is 762 g/mol. The van der Waals surface area contributed by atoms with Gasteiger partial charge in [-0.3, -0.25) is 0 Å². The summed E-state index contributed by atoms with van der Waals surface area (Å²) < 4.78 is 48.2. The first-order chi connectivity index (χ1) is 14.5. The van der Waals surface area contributed by atoms with Crippen LogP contribution in [0.25, 0.3) is 5.57 Å². The smallest absolute Gasteiger partial charge is 0.493 e. The van der Waals surface area contributed by atoms with Gasteiger partial charge in [0.05, 0.1) is 26.9 Å². The molecule has 2 aliphatic heterocycles. The van der Waals surface area contributed by atoms with Gasteiger partial charge in [0.25, 0.3) is 0 Å². The van der Waals surface area contributed by atoms with Gasteiger partial charge in [-0.05, 0) is 117 Å². The van der Waals surface area contributed by atoms with Gasteiger partial charge in [-0.25, -0.2) is 0 Å². The number of aromatic nitrogens is 1. The molecule has 164 valence electrons. The quantitative estimate of drug-likeness (QED) is 0.263. The Morgan fingerprint density at radius 2 is 1.65 bits per heavy atom. The molecule has 0 unspecified atom stereocenters. The number of fused-ring (bicyclic) bond motifs is 2. The van der Waals surface area contributed by atoms with Crippen LogP contribution in [-0.2, 0) is 0 Å². The highest BCUT2D eigenvalue weighted by Gasteiger charge is 2.56. The lowest BCUT2D eigenvalue weighted by atomic mass is 9.83. The van der Waals surface area contributed by atoms with Gasteiger partial charge in [-0.1, -0.05) is 0 Å². The lowest BCUT2D eigenvalue weighted by Crippen LogP contribution is -2.51. The molecule has 0 N–H and O–H groups in total. The zero-order valence-electron chi connectivity index (χ0n) is 17.8. The number of benzene rings is 1. The van der Waals surface area contributed by atoms with E-state index in [4.69, 9.17) is 9.47 Å². The van der Waals surface area contributed by atoms with Crippen LogP contribution < -0.4 is 9.47 Å². The van der Waals surface area contributed by atoms with Crippen molar-refractivity contribution in [2.45, 2.75) is 27.7 Å². The molecule has 31 heavy (non-hydrogen) atoms. The maximum Gasteiger partial charge on any atom is 0.737 e. The molecule has 2 aromatic rings. The minimum atomic E-state index is -4.03. The molecule has 0 saturated carbocycles. The fourth-order valence-corrected chi connectivity index (χ4v) is 6.47. The second kappa shape index (κ2) is 7.99. The molecule has 4 nitrogen and oxygen atoms in total. The Kier molecular flexibility index (Phi) is 6.07. The summed E-state index contributed by atoms with van der Waals surface area (Å²) in [5, 5.41) is 0. The van der Waals surface area contributed by atoms with Gasteiger partial charge in [0.2, 0.25) is 0 Å². The average Bonchev–Trinajstić information content (AvgIpc) is 3.09. The molecule has 0 radical (unpaired) electrons. The summed E-state index contributed by atoms with van der Waals surface area (Å²) in [5.41, 5.74) is 5.63. The third kappa shape index (κ3) is 3.16. The highest BCUT2D eigenvalue weighted by molar-refractivity contribution is 14.1. The molecule has 10 heteroatoms. The SMILES string of the molecule is COc1cc(C2=C3C(C)=C(I)C(C)=[N+]3[B-](F)(F)n3c(C)c(I)c(C)c32)cc(I)c1OC. The van der Waals surface area contributed by atoms with E-state index in [1.807, 2.05) is 26.0 Å². The van der Waals surface area contributed by atoms with Crippen molar-refractivity contribution >= 4 is 86.0 Å². The molecule has 1 aromatic carbocycles. The molecule has 0 atom stereocenters. The molecule has 0 spiro atoms. The second-order valence-corrected chi connectivity index (χ2v) is 11.0. The Balaban J connectivity index is 2.22. The summed E-state index contributed by atoms with van der Waals surface area (Å²) in [5.74, 6) is 1.21. The molecular weight excluding hydrogens is 742 g/mol. The zero-order chi connectivity index (χ0) is 23.0. The summed E-state index contributed by atoms with van der Waals surface area (Å²) in [7, 11) is 3.18. The van der Waals surface area contributed by atoms with Gasteiger partial charge in [0, 0.05) is 21.8 Å². The first-order valence-electron chi connectivity index (χ1n) is 9.54. The number of ether oxygens (including phenoxy) is 2. The highest BCUT2D eigenvalue weighted by atomic mass is 127. The lowest BCUT2D eigenvalue weighted by molar-refractivity contribution is -0.363. The van der Waals surface area contributed by atoms with E-state index in [0.29, 0.717) is 34.3 Å². The first-order valence-corrected chi connectivity index (χ1v) is 12.8. The predicted molar refractivity (Wildman–Crippen MR) is 146 cm³/mol. The van der Waals surface area contributed by atoms with Crippen molar-refractivity contribution in [2.75, 3.05) is 14.2 Å². The molecule has 0 bridgehead atoms. The fourth-order valence-electron chi connectivity index (χ4n) is 4.61. The lowest BCUT2D eigenvalue weighted by Gasteiger charge is -2.34. The van der Waals surface area contributed by atoms with Crippen molar-refractivity contribution in [1.29, 1.82) is 0 Å². The number of nitrogens with zero attached hydrogens (tertiary/aromatic N) is 2. The van der Waals surface area contributed by atoms with E-state index in [9.17, 15) is 0 Å². The van der Waals surface area contributed by atoms with Gasteiger partial charge in [0.15, 0.2) is 17.2 Å². The van der Waals surface area contributed by atoms with Crippen LogP contribution in [0, 0.1) is 21.0 Å². The van der Waals surface area contributed by atoms with E-state index in [1.165, 1.54) is 8.96 Å². The average molecular weight is 762 g/mol. The Morgan fingerprint density at radius 3 is 2.23 bits per heavy atom. The number of halogens is 5. The molecule has 1 aromatic heterocycles. The van der Waals surface area contributed by atoms with Crippen LogP contribution in [0.3, 0.4) is 0 Å². The zero-order valence-corrected chi connectivity index (χ0v) is 24.3. The molecule has 2 aliphatic rings. The number of allylic oxidation sites excluding steroid dienone is 2. The second-order valence-electron chi connectivity index (χ2n) is 7.64. The maximum atomic E-state index is 16.1. The first kappa shape index (κ1) is 23.5. The number of hydrogen-bond acceptors (Lipinski definition) is 2. The molecule has 3 heterocycles. The van der Waals surface area contributed by atoms with E-state index < -0.39 is 6.97 Å². The molecular formula is C21H20BF2I3N2O2. The van der Waals surface area contributed by atoms with Crippen LogP contribution in [0.2, 0.25) is 0 Å². The Labute approximate surface area is 221 Å². The minimum Gasteiger partial charge on any atom is -0.493 e. The molecule has 0 fully saturated rings. The largest absolute Gasteiger partial charge is 0.737 e. The van der Waals surface area contributed by atoms with E-state index in [-0.39, 0.29) is 0 Å². The van der Waals surface area contributed by atoms with Crippen molar-refractivity contribution < 1.29 is 22.6 Å². The highest BCUT2D eigenvalue weighted by Crippen LogP contribution is 2.49. The third-order valence-corrected chi connectivity index (χ3v) is 10.0. The summed E-state index contributed by atoms with van der Waals surface area (Å²) in [6.07, 6.45) is 0. The van der Waals surface area contributed by atoms with Gasteiger partial charge in [0.1, 0.15) is 5.71 Å². The van der Waals surface area contributed by atoms with E-state index in [0.717, 1.165) is 33.0 Å². The molecule has 4 rings (SSSR count). The summed E-state index contributed by atoms with van der Waals surface area (Å²) >= 11 is 6.55. The van der Waals surface area contributed by atoms with Crippen molar-refractivity contribution in [3.05, 3.63) is 56.6 Å². The molecule has 0 saturated heterocycles. The van der Waals surface area contributed by atoms with Crippen LogP contribution in [0.15, 0.2) is 27.0 Å². The Bertz CT molecular complexity index is 1260. The third-order valence-electron chi connectivity index (χ3n) is 6.03. The molecule has 0 aliphatic carbocycles. The Hall–Kier alpha value is -0.635. The maximum absolute atomic E-state index is 16.1. The standard InChI is InChI=1S/C21H20BF2I3N2O2/c1-9-17(26)11(3)28-19(9)16(13-7-14(25)21(31-6)15(8-13)30-5)20-10(2)18(27)12(4)29(20)22(28,23)24/h7-8H,1-6H3. The van der Waals surface area contributed by atoms with Gasteiger partial charge in [-0.2, -0.15) is 0 Å². The van der Waals surface area contributed by atoms with Gasteiger partial charge < -0.3 is 27.1 Å². The van der Waals surface area contributed by atoms with Crippen LogP contribution in [-0.4, -0.2) is 35.9 Å². The van der Waals surface area contributed by atoms with Crippen molar-refractivity contribution in [1.82, 2.24) is 4.48 Å².